The lowest BCUT2D eigenvalue weighted by molar-refractivity contribution is -0.199. The lowest BCUT2D eigenvalue weighted by Crippen LogP contribution is -2.66. The number of fused-ring (bicyclic) bond motifs is 5. The second-order valence-electron chi connectivity index (χ2n) is 20.1. The van der Waals surface area contributed by atoms with Gasteiger partial charge in [0.05, 0.1) is 42.4 Å². The van der Waals surface area contributed by atoms with Crippen molar-refractivity contribution in [1.82, 2.24) is 4.90 Å². The Bertz CT molecular complexity index is 1600. The fourth-order valence-corrected chi connectivity index (χ4v) is 12.5. The van der Waals surface area contributed by atoms with Crippen LogP contribution in [0.5, 0.6) is 0 Å². The maximum atomic E-state index is 17.6. The summed E-state index contributed by atoms with van der Waals surface area (Å²) in [6.45, 7) is 17.7. The van der Waals surface area contributed by atoms with E-state index in [2.05, 4.69) is 0 Å². The van der Waals surface area contributed by atoms with Crippen molar-refractivity contribution in [2.45, 2.75) is 168 Å². The summed E-state index contributed by atoms with van der Waals surface area (Å²) < 4.78 is 29.3. The summed E-state index contributed by atoms with van der Waals surface area (Å²) in [5, 5.41) is 68.9. The number of ketones is 1. The molecule has 0 amide bonds. The molecule has 6 N–H and O–H groups in total. The van der Waals surface area contributed by atoms with E-state index < -0.39 is 99.9 Å². The van der Waals surface area contributed by atoms with Gasteiger partial charge >= 0.3 is 11.9 Å². The first-order chi connectivity index (χ1) is 26.8. The molecule has 4 fully saturated rings. The quantitative estimate of drug-likeness (QED) is 0.167. The van der Waals surface area contributed by atoms with Gasteiger partial charge in [0, 0.05) is 36.4 Å². The van der Waals surface area contributed by atoms with E-state index in [0.717, 1.165) is 0 Å². The smallest absolute Gasteiger partial charge is 0.311 e. The zero-order valence-corrected chi connectivity index (χ0v) is 36.4. The van der Waals surface area contributed by atoms with E-state index in [-0.39, 0.29) is 49.4 Å². The van der Waals surface area contributed by atoms with Crippen molar-refractivity contribution in [2.75, 3.05) is 19.7 Å². The van der Waals surface area contributed by atoms with Crippen LogP contribution in [0.15, 0.2) is 23.8 Å². The minimum atomic E-state index is -1.98. The Labute approximate surface area is 344 Å². The monoisotopic (exact) mass is 822 g/mol. The van der Waals surface area contributed by atoms with Gasteiger partial charge in [0.25, 0.3) is 0 Å². The number of esters is 2. The van der Waals surface area contributed by atoms with Crippen LogP contribution in [-0.4, -0.2) is 126 Å². The zero-order chi connectivity index (χ0) is 43.5. The van der Waals surface area contributed by atoms with E-state index in [0.29, 0.717) is 44.3 Å². The molecule has 0 bridgehead atoms. The number of rotatable bonds is 6. The molecule has 3 saturated carbocycles. The van der Waals surface area contributed by atoms with Crippen LogP contribution in [0, 0.1) is 52.3 Å². The van der Waals surface area contributed by atoms with Crippen LogP contribution in [0.25, 0.3) is 0 Å². The van der Waals surface area contributed by atoms with Gasteiger partial charge in [-0.1, -0.05) is 46.3 Å². The highest BCUT2D eigenvalue weighted by atomic mass is 19.1. The van der Waals surface area contributed by atoms with E-state index in [4.69, 9.17) is 9.47 Å². The third-order valence-electron chi connectivity index (χ3n) is 15.8. The molecule has 5 aliphatic rings. The van der Waals surface area contributed by atoms with Crippen LogP contribution in [-0.2, 0) is 23.9 Å². The fourth-order valence-electron chi connectivity index (χ4n) is 12.5. The van der Waals surface area contributed by atoms with Gasteiger partial charge in [-0.05, 0) is 115 Å². The van der Waals surface area contributed by atoms with Crippen molar-refractivity contribution in [3.05, 3.63) is 23.8 Å². The molecule has 0 radical (unpaired) electrons. The van der Waals surface area contributed by atoms with E-state index in [9.17, 15) is 45.0 Å². The zero-order valence-electron chi connectivity index (χ0n) is 36.4. The largest absolute Gasteiger partial charge is 0.465 e. The number of allylic oxidation sites excluding steroid dienone is 4. The summed E-state index contributed by atoms with van der Waals surface area (Å²) in [5.74, 6) is -4.99. The second-order valence-corrected chi connectivity index (χ2v) is 20.1. The number of carbonyl (C=O) groups excluding carboxylic acids is 3. The van der Waals surface area contributed by atoms with Gasteiger partial charge in [-0.25, -0.2) is 4.39 Å². The number of halogens is 1. The third kappa shape index (κ3) is 7.99. The van der Waals surface area contributed by atoms with E-state index >= 15 is 4.39 Å². The number of ether oxygens (including phenoxy) is 2. The van der Waals surface area contributed by atoms with Crippen molar-refractivity contribution in [2.24, 2.45) is 52.3 Å². The van der Waals surface area contributed by atoms with Gasteiger partial charge in [0.15, 0.2) is 11.5 Å². The molecule has 5 rings (SSSR count). The molecule has 1 saturated heterocycles. The number of aliphatic hydroxyl groups excluding tert-OH is 4. The third-order valence-corrected chi connectivity index (χ3v) is 15.8. The average Bonchev–Trinajstić information content (AvgIpc) is 3.41. The standard InChI is InChI=1S/C45H72FNO11/c1-11-34-44(10,56)38(52)28(6)47(23-24(2)21-43(9,55)37(51)26(4)36(50)27(5)39(53)58-34)17-12-18-57-40(54)35-25(3)19-32-31-14-13-29-20-30(48)15-16-42(29,8)45(31,46)33(49)22-41(32,35)7/h15-16,20,24-28,31-38,49-52,55-56H,11-14,17-19,21-23H2,1-10H3/t24-,25-,26+,27-,28-,31?,32?,33+,34-,35-,36+,37-,38-,41+,42+,43-,44-,45+/m1/s1. The minimum Gasteiger partial charge on any atom is -0.465 e. The Morgan fingerprint density at radius 2 is 1.64 bits per heavy atom. The van der Waals surface area contributed by atoms with Crippen molar-refractivity contribution >= 4 is 17.7 Å². The number of cyclic esters (lactones) is 1. The topological polar surface area (TPSA) is 194 Å². The first kappa shape index (κ1) is 46.8. The predicted octanol–water partition coefficient (Wildman–Crippen LogP) is 4.06. The van der Waals surface area contributed by atoms with Crippen molar-refractivity contribution in [3.8, 4) is 0 Å². The number of aliphatic hydroxyl groups is 6. The molecular weight excluding hydrogens is 749 g/mol. The molecule has 2 unspecified atom stereocenters. The van der Waals surface area contributed by atoms with Gasteiger partial charge in [0.2, 0.25) is 0 Å². The van der Waals surface area contributed by atoms with Gasteiger partial charge in [-0.3, -0.25) is 19.3 Å². The second kappa shape index (κ2) is 16.9. The maximum Gasteiger partial charge on any atom is 0.311 e. The molecule has 4 aliphatic carbocycles. The van der Waals surface area contributed by atoms with Crippen molar-refractivity contribution < 1.29 is 58.9 Å². The Morgan fingerprint density at radius 3 is 2.28 bits per heavy atom. The molecule has 330 valence electrons. The molecule has 0 aromatic carbocycles. The Balaban J connectivity index is 1.31. The summed E-state index contributed by atoms with van der Waals surface area (Å²) >= 11 is 0. The summed E-state index contributed by atoms with van der Waals surface area (Å²) in [6, 6.07) is -0.702. The Morgan fingerprint density at radius 1 is 0.983 bits per heavy atom. The molecule has 1 heterocycles. The van der Waals surface area contributed by atoms with E-state index in [1.807, 2.05) is 25.7 Å². The lowest BCUT2D eigenvalue weighted by Gasteiger charge is -2.61. The number of hydrogen-bond acceptors (Lipinski definition) is 12. The molecule has 0 aromatic rings. The van der Waals surface area contributed by atoms with Crippen LogP contribution in [0.3, 0.4) is 0 Å². The Hall–Kier alpha value is -2.26. The van der Waals surface area contributed by atoms with Crippen LogP contribution >= 0.6 is 0 Å². The van der Waals surface area contributed by atoms with Gasteiger partial charge < -0.3 is 40.1 Å². The molecule has 1 aliphatic heterocycles. The normalized spacial score (nSPS) is 49.4. The highest BCUT2D eigenvalue weighted by molar-refractivity contribution is 6.01. The SMILES string of the molecule is CC[C@H]1OC(=O)[C@H](C)[C@@H](O)[C@H](C)[C@@H](O)[C@](C)(O)C[C@@H](C)CN(CCCOC(=O)[C@H]2[C@H](C)CC3C4CCC5=CC(=O)C=C[C@]5(C)[C@@]4(F)[C@@H](O)C[C@@]32C)[C@H](C)[C@@H](O)[C@]1(C)O. The van der Waals surface area contributed by atoms with Gasteiger partial charge in [0.1, 0.15) is 17.8 Å². The maximum absolute atomic E-state index is 17.6. The molecule has 0 spiro atoms. The first-order valence-corrected chi connectivity index (χ1v) is 21.7. The van der Waals surface area contributed by atoms with Crippen LogP contribution in [0.1, 0.15) is 114 Å². The minimum absolute atomic E-state index is 0.0376. The first-order valence-electron chi connectivity index (χ1n) is 21.7. The van der Waals surface area contributed by atoms with Gasteiger partial charge in [-0.15, -0.1) is 0 Å². The predicted molar refractivity (Wildman–Crippen MR) is 215 cm³/mol. The van der Waals surface area contributed by atoms with Gasteiger partial charge in [-0.2, -0.15) is 0 Å². The molecule has 0 aromatic heterocycles. The van der Waals surface area contributed by atoms with E-state index in [1.54, 1.807) is 33.8 Å². The van der Waals surface area contributed by atoms with Crippen molar-refractivity contribution in [1.29, 1.82) is 0 Å². The average molecular weight is 822 g/mol. The summed E-state index contributed by atoms with van der Waals surface area (Å²) in [4.78, 5) is 41.4. The number of hydrogen-bond donors (Lipinski definition) is 6. The number of alkyl halides is 1. The summed E-state index contributed by atoms with van der Waals surface area (Å²) in [5.41, 5.74) is -6.64. The van der Waals surface area contributed by atoms with Crippen LogP contribution in [0.4, 0.5) is 4.39 Å². The summed E-state index contributed by atoms with van der Waals surface area (Å²) in [7, 11) is 0. The Kier molecular flexibility index (Phi) is 13.6. The number of carbonyl (C=O) groups is 3. The van der Waals surface area contributed by atoms with E-state index in [1.165, 1.54) is 32.9 Å². The lowest BCUT2D eigenvalue weighted by atomic mass is 9.45. The molecule has 58 heavy (non-hydrogen) atoms. The fraction of sp³-hybridized carbons (Fsp3) is 0.844. The van der Waals surface area contributed by atoms with Crippen LogP contribution in [0.2, 0.25) is 0 Å². The number of nitrogens with zero attached hydrogens (tertiary/aromatic N) is 1. The molecule has 18 atom stereocenters. The molecular formula is C45H72FNO11. The molecule has 13 heteroatoms. The highest BCUT2D eigenvalue weighted by Crippen LogP contribution is 2.69. The van der Waals surface area contributed by atoms with Crippen molar-refractivity contribution in [3.63, 3.8) is 0 Å². The van der Waals surface area contributed by atoms with Crippen LogP contribution < -0.4 is 0 Å². The highest BCUT2D eigenvalue weighted by Gasteiger charge is 2.72. The summed E-state index contributed by atoms with van der Waals surface area (Å²) in [6.07, 6.45) is 0.277. The molecule has 12 nitrogen and oxygen atoms in total.